The minimum absolute atomic E-state index is 0.236. The highest BCUT2D eigenvalue weighted by molar-refractivity contribution is 5.84. The van der Waals surface area contributed by atoms with Gasteiger partial charge in [0.25, 0.3) is 0 Å². The first kappa shape index (κ1) is 24.6. The molecular weight excluding hydrogens is 418 g/mol. The summed E-state index contributed by atoms with van der Waals surface area (Å²) in [6, 6.07) is 10.00. The Morgan fingerprint density at radius 1 is 0.970 bits per heavy atom. The number of aryl methyl sites for hydroxylation is 3. The molecule has 0 spiro atoms. The molecule has 0 saturated carbocycles. The molecule has 0 amide bonds. The third-order valence-electron chi connectivity index (χ3n) is 5.63. The molecule has 0 aliphatic heterocycles. The zero-order valence-corrected chi connectivity index (χ0v) is 20.2. The van der Waals surface area contributed by atoms with Crippen molar-refractivity contribution in [3.05, 3.63) is 52.7 Å². The molecule has 33 heavy (non-hydrogen) atoms. The highest BCUT2D eigenvalue weighted by Crippen LogP contribution is 2.31. The van der Waals surface area contributed by atoms with Crippen LogP contribution in [0.2, 0.25) is 0 Å². The number of esters is 1. The van der Waals surface area contributed by atoms with Gasteiger partial charge in [-0.25, -0.2) is 0 Å². The monoisotopic (exact) mass is 453 g/mol. The fraction of sp³-hybridized carbons (Fsp3) is 0.481. The smallest absolute Gasteiger partial charge is 0.309 e. The molecule has 0 aliphatic carbocycles. The molecular formula is C27H35NO5. The van der Waals surface area contributed by atoms with Crippen LogP contribution in [0.4, 0.5) is 0 Å². The second kappa shape index (κ2) is 12.3. The van der Waals surface area contributed by atoms with Crippen molar-refractivity contribution in [2.45, 2.75) is 65.7 Å². The zero-order chi connectivity index (χ0) is 23.6. The third-order valence-corrected chi connectivity index (χ3v) is 5.63. The molecule has 2 aromatic carbocycles. The Balaban J connectivity index is 1.58. The lowest BCUT2D eigenvalue weighted by molar-refractivity contribution is -0.139. The highest BCUT2D eigenvalue weighted by atomic mass is 16.5. The number of methoxy groups -OCH3 is 1. The van der Waals surface area contributed by atoms with Crippen molar-refractivity contribution in [1.82, 2.24) is 5.16 Å². The lowest BCUT2D eigenvalue weighted by Crippen LogP contribution is -2.08. The first-order valence-electron chi connectivity index (χ1n) is 12.0. The molecule has 0 bridgehead atoms. The fourth-order valence-corrected chi connectivity index (χ4v) is 3.98. The Kier molecular flexibility index (Phi) is 9.16. The third kappa shape index (κ3) is 6.28. The van der Waals surface area contributed by atoms with Crippen LogP contribution in [-0.4, -0.2) is 31.4 Å². The van der Waals surface area contributed by atoms with Gasteiger partial charge in [-0.05, 0) is 48.6 Å². The number of carbonyl (C=O) groups excluding carboxylic acids is 1. The standard InChI is InChI=1S/C27H35NO5/c1-5-9-20-17-19(18-26(29)30-4)11-13-24(20)31-15-8-16-32-25-14-12-21-23(7-3)28-33-27(21)22(25)10-6-2/h11-14,17H,5-10,15-16,18H2,1-4H3. The van der Waals surface area contributed by atoms with Crippen LogP contribution in [0.5, 0.6) is 11.5 Å². The summed E-state index contributed by atoms with van der Waals surface area (Å²) >= 11 is 0. The van der Waals surface area contributed by atoms with E-state index in [2.05, 4.69) is 25.9 Å². The predicted molar refractivity (Wildman–Crippen MR) is 129 cm³/mol. The van der Waals surface area contributed by atoms with Gasteiger partial charge in [0.1, 0.15) is 11.5 Å². The minimum Gasteiger partial charge on any atom is -0.493 e. The predicted octanol–water partition coefficient (Wildman–Crippen LogP) is 5.86. The van der Waals surface area contributed by atoms with Gasteiger partial charge in [0.2, 0.25) is 0 Å². The number of rotatable bonds is 13. The number of aromatic nitrogens is 1. The molecule has 6 nitrogen and oxygen atoms in total. The van der Waals surface area contributed by atoms with Crippen molar-refractivity contribution < 1.29 is 23.5 Å². The molecule has 3 aromatic rings. The number of hydrogen-bond acceptors (Lipinski definition) is 6. The summed E-state index contributed by atoms with van der Waals surface area (Å²) in [4.78, 5) is 11.6. The van der Waals surface area contributed by atoms with Gasteiger partial charge >= 0.3 is 5.97 Å². The molecule has 0 saturated heterocycles. The zero-order valence-electron chi connectivity index (χ0n) is 20.2. The maximum absolute atomic E-state index is 11.6. The van der Waals surface area contributed by atoms with Gasteiger partial charge in [-0.15, -0.1) is 0 Å². The SMILES string of the molecule is CCCc1cc(CC(=O)OC)ccc1OCCCOc1ccc2c(CC)noc2c1CCC. The number of carbonyl (C=O) groups is 1. The van der Waals surface area contributed by atoms with E-state index in [4.69, 9.17) is 18.7 Å². The summed E-state index contributed by atoms with van der Waals surface area (Å²) in [6.45, 7) is 7.48. The first-order valence-corrected chi connectivity index (χ1v) is 12.0. The van der Waals surface area contributed by atoms with E-state index in [1.807, 2.05) is 30.3 Å². The van der Waals surface area contributed by atoms with Crippen molar-refractivity contribution >= 4 is 16.9 Å². The van der Waals surface area contributed by atoms with Gasteiger partial charge in [0.05, 0.1) is 32.4 Å². The van der Waals surface area contributed by atoms with E-state index in [0.29, 0.717) is 13.2 Å². The molecule has 6 heteroatoms. The van der Waals surface area contributed by atoms with Crippen LogP contribution in [0.1, 0.15) is 62.4 Å². The van der Waals surface area contributed by atoms with Crippen molar-refractivity contribution in [3.8, 4) is 11.5 Å². The molecule has 0 aliphatic rings. The van der Waals surface area contributed by atoms with Crippen LogP contribution in [0, 0.1) is 0 Å². The van der Waals surface area contributed by atoms with Gasteiger partial charge in [-0.2, -0.15) is 0 Å². The summed E-state index contributed by atoms with van der Waals surface area (Å²) in [5, 5.41) is 5.29. The number of ether oxygens (including phenoxy) is 3. The summed E-state index contributed by atoms with van der Waals surface area (Å²) in [5.74, 6) is 1.49. The van der Waals surface area contributed by atoms with Crippen molar-refractivity contribution in [2.75, 3.05) is 20.3 Å². The van der Waals surface area contributed by atoms with Crippen LogP contribution in [0.15, 0.2) is 34.9 Å². The van der Waals surface area contributed by atoms with E-state index in [1.165, 1.54) is 7.11 Å². The largest absolute Gasteiger partial charge is 0.493 e. The molecule has 1 heterocycles. The first-order chi connectivity index (χ1) is 16.1. The molecule has 3 rings (SSSR count). The molecule has 0 fully saturated rings. The van der Waals surface area contributed by atoms with E-state index in [9.17, 15) is 4.79 Å². The Bertz CT molecular complexity index is 1060. The lowest BCUT2D eigenvalue weighted by Gasteiger charge is -2.14. The highest BCUT2D eigenvalue weighted by Gasteiger charge is 2.15. The maximum Gasteiger partial charge on any atom is 0.309 e. The lowest BCUT2D eigenvalue weighted by atomic mass is 10.0. The van der Waals surface area contributed by atoms with Crippen molar-refractivity contribution in [3.63, 3.8) is 0 Å². The van der Waals surface area contributed by atoms with E-state index in [1.54, 1.807) is 0 Å². The van der Waals surface area contributed by atoms with Crippen LogP contribution in [0.25, 0.3) is 11.0 Å². The number of nitrogens with zero attached hydrogens (tertiary/aromatic N) is 1. The fourth-order valence-electron chi connectivity index (χ4n) is 3.98. The van der Waals surface area contributed by atoms with Crippen LogP contribution in [-0.2, 0) is 35.2 Å². The summed E-state index contributed by atoms with van der Waals surface area (Å²) in [5.41, 5.74) is 4.99. The van der Waals surface area contributed by atoms with Crippen LogP contribution in [0.3, 0.4) is 0 Å². The number of benzene rings is 2. The Morgan fingerprint density at radius 2 is 1.70 bits per heavy atom. The normalized spacial score (nSPS) is 11.0. The Hall–Kier alpha value is -3.02. The van der Waals surface area contributed by atoms with E-state index < -0.39 is 0 Å². The molecule has 1 aromatic heterocycles. The maximum atomic E-state index is 11.6. The van der Waals surface area contributed by atoms with Gasteiger partial charge in [-0.1, -0.05) is 50.9 Å². The molecule has 178 valence electrons. The topological polar surface area (TPSA) is 70.8 Å². The molecule has 0 N–H and O–H groups in total. The van der Waals surface area contributed by atoms with Gasteiger partial charge < -0.3 is 18.7 Å². The van der Waals surface area contributed by atoms with Crippen LogP contribution < -0.4 is 9.47 Å². The van der Waals surface area contributed by atoms with Crippen molar-refractivity contribution in [2.24, 2.45) is 0 Å². The average molecular weight is 454 g/mol. The Labute approximate surface area is 196 Å². The quantitative estimate of drug-likeness (QED) is 0.238. The molecule has 0 unspecified atom stereocenters. The van der Waals surface area contributed by atoms with Gasteiger partial charge in [-0.3, -0.25) is 4.79 Å². The average Bonchev–Trinajstić information content (AvgIpc) is 3.25. The van der Waals surface area contributed by atoms with E-state index >= 15 is 0 Å². The second-order valence-corrected chi connectivity index (χ2v) is 8.15. The summed E-state index contributed by atoms with van der Waals surface area (Å²) in [7, 11) is 1.41. The van der Waals surface area contributed by atoms with Crippen molar-refractivity contribution in [1.29, 1.82) is 0 Å². The Morgan fingerprint density at radius 3 is 2.39 bits per heavy atom. The number of hydrogen-bond donors (Lipinski definition) is 0. The van der Waals surface area contributed by atoms with E-state index in [-0.39, 0.29) is 12.4 Å². The van der Waals surface area contributed by atoms with E-state index in [0.717, 1.165) is 83.4 Å². The molecule has 0 atom stereocenters. The van der Waals surface area contributed by atoms with Gasteiger partial charge in [0, 0.05) is 17.4 Å². The van der Waals surface area contributed by atoms with Gasteiger partial charge in [0.15, 0.2) is 5.58 Å². The minimum atomic E-state index is -0.236. The second-order valence-electron chi connectivity index (χ2n) is 8.15. The van der Waals surface area contributed by atoms with Crippen LogP contribution >= 0.6 is 0 Å². The molecule has 0 radical (unpaired) electrons. The number of fused-ring (bicyclic) bond motifs is 1. The summed E-state index contributed by atoms with van der Waals surface area (Å²) in [6.07, 6.45) is 5.68. The summed E-state index contributed by atoms with van der Waals surface area (Å²) < 4.78 is 22.6.